The summed E-state index contributed by atoms with van der Waals surface area (Å²) < 4.78 is 31.8. The molecule has 4 rings (SSSR count). The molecule has 2 aromatic rings. The largest absolute Gasteiger partial charge is 0.446 e. The van der Waals surface area contributed by atoms with Gasteiger partial charge in [0.25, 0.3) is 0 Å². The lowest BCUT2D eigenvalue weighted by Crippen LogP contribution is -2.43. The number of likely N-dealkylation sites (tertiary alicyclic amines) is 1. The van der Waals surface area contributed by atoms with Crippen molar-refractivity contribution in [2.24, 2.45) is 0 Å². The fraction of sp³-hybridized carbons (Fsp3) is 0.478. The number of hydrogen-bond acceptors (Lipinski definition) is 5. The number of halogens is 2. The number of aryl methyl sites for hydroxylation is 1. The summed E-state index contributed by atoms with van der Waals surface area (Å²) in [6.07, 6.45) is 2.25. The van der Waals surface area contributed by atoms with Gasteiger partial charge in [-0.3, -0.25) is 0 Å². The molecule has 0 saturated carbocycles. The molecule has 3 amide bonds. The van der Waals surface area contributed by atoms with Gasteiger partial charge in [-0.2, -0.15) is 0 Å². The van der Waals surface area contributed by atoms with Crippen LogP contribution in [0.25, 0.3) is 0 Å². The number of hydrogen-bond donors (Lipinski definition) is 1. The molecule has 1 N–H and O–H groups in total. The minimum atomic E-state index is -1.03. The molecule has 2 aliphatic rings. The molecule has 0 bridgehead atoms. The Morgan fingerprint density at radius 1 is 1.19 bits per heavy atom. The molecule has 6 nitrogen and oxygen atoms in total. The van der Waals surface area contributed by atoms with Gasteiger partial charge in [0.15, 0.2) is 11.6 Å². The zero-order chi connectivity index (χ0) is 22.7. The van der Waals surface area contributed by atoms with Gasteiger partial charge in [-0.1, -0.05) is 6.07 Å². The van der Waals surface area contributed by atoms with Crippen molar-refractivity contribution in [2.75, 3.05) is 32.8 Å². The average Bonchev–Trinajstić information content (AvgIpc) is 3.39. The van der Waals surface area contributed by atoms with Gasteiger partial charge < -0.3 is 15.0 Å². The van der Waals surface area contributed by atoms with E-state index in [1.807, 2.05) is 11.3 Å². The van der Waals surface area contributed by atoms with E-state index in [9.17, 15) is 18.4 Å². The van der Waals surface area contributed by atoms with E-state index in [-0.39, 0.29) is 6.61 Å². The van der Waals surface area contributed by atoms with Crippen LogP contribution in [0.2, 0.25) is 0 Å². The van der Waals surface area contributed by atoms with E-state index in [1.165, 1.54) is 15.8 Å². The molecule has 0 aliphatic carbocycles. The Morgan fingerprint density at radius 3 is 2.66 bits per heavy atom. The van der Waals surface area contributed by atoms with Crippen molar-refractivity contribution in [3.8, 4) is 0 Å². The molecule has 0 spiro atoms. The van der Waals surface area contributed by atoms with Gasteiger partial charge in [-0.25, -0.2) is 23.3 Å². The average molecular weight is 464 g/mol. The quantitative estimate of drug-likeness (QED) is 0.625. The maximum atomic E-state index is 13.6. The van der Waals surface area contributed by atoms with Crippen LogP contribution in [0, 0.1) is 18.6 Å². The predicted molar refractivity (Wildman–Crippen MR) is 118 cm³/mol. The number of ether oxygens (including phenoxy) is 1. The molecule has 9 heteroatoms. The van der Waals surface area contributed by atoms with Crippen LogP contribution >= 0.6 is 11.3 Å². The lowest BCUT2D eigenvalue weighted by Gasteiger charge is -2.31. The number of cyclic esters (lactones) is 1. The first-order chi connectivity index (χ1) is 15.4. The lowest BCUT2D eigenvalue weighted by atomic mass is 9.95. The van der Waals surface area contributed by atoms with Gasteiger partial charge in [-0.05, 0) is 81.6 Å². The summed E-state index contributed by atoms with van der Waals surface area (Å²) in [6.45, 7) is 5.40. The van der Waals surface area contributed by atoms with Crippen LogP contribution in [0.4, 0.5) is 18.4 Å². The zero-order valence-electron chi connectivity index (χ0n) is 18.0. The third kappa shape index (κ3) is 5.10. The second-order valence-corrected chi connectivity index (χ2v) is 9.61. The van der Waals surface area contributed by atoms with Crippen LogP contribution in [-0.4, -0.2) is 54.7 Å². The Morgan fingerprint density at radius 2 is 1.97 bits per heavy atom. The van der Waals surface area contributed by atoms with Crippen molar-refractivity contribution in [1.29, 1.82) is 0 Å². The molecular weight excluding hydrogens is 436 g/mol. The van der Waals surface area contributed by atoms with E-state index < -0.39 is 29.8 Å². The molecule has 2 aliphatic heterocycles. The number of benzene rings is 1. The first kappa shape index (κ1) is 22.7. The van der Waals surface area contributed by atoms with Gasteiger partial charge >= 0.3 is 12.1 Å². The Hall–Kier alpha value is -2.52. The van der Waals surface area contributed by atoms with Crippen molar-refractivity contribution >= 4 is 23.5 Å². The van der Waals surface area contributed by atoms with Gasteiger partial charge in [0.1, 0.15) is 12.6 Å². The summed E-state index contributed by atoms with van der Waals surface area (Å²) in [5, 5.41) is 2.75. The van der Waals surface area contributed by atoms with Crippen LogP contribution in [0.15, 0.2) is 30.3 Å². The minimum absolute atomic E-state index is 0.0873. The molecule has 32 heavy (non-hydrogen) atoms. The van der Waals surface area contributed by atoms with Gasteiger partial charge in [0, 0.05) is 16.3 Å². The standard InChI is InChI=1S/C23H27F2N3O3S/c1-15-3-6-21(32-15)16-7-11-27(12-8-16)10-2-9-26-22(29)28-20(14-31-23(28)30)17-4-5-18(24)19(25)13-17/h3-6,13,16,20H,2,7-12,14H2,1H3,(H,26,29). The monoisotopic (exact) mass is 463 g/mol. The van der Waals surface area contributed by atoms with Crippen LogP contribution < -0.4 is 5.32 Å². The van der Waals surface area contributed by atoms with Crippen molar-refractivity contribution in [2.45, 2.75) is 38.1 Å². The van der Waals surface area contributed by atoms with Gasteiger partial charge in [0.05, 0.1) is 0 Å². The number of rotatable bonds is 6. The van der Waals surface area contributed by atoms with E-state index in [4.69, 9.17) is 4.74 Å². The Bertz CT molecular complexity index is 975. The molecule has 172 valence electrons. The van der Waals surface area contributed by atoms with Gasteiger partial charge in [-0.15, -0.1) is 11.3 Å². The topological polar surface area (TPSA) is 61.9 Å². The highest BCUT2D eigenvalue weighted by Crippen LogP contribution is 2.33. The smallest absolute Gasteiger partial charge is 0.418 e. The summed E-state index contributed by atoms with van der Waals surface area (Å²) in [7, 11) is 0. The Labute approximate surface area is 190 Å². The summed E-state index contributed by atoms with van der Waals surface area (Å²) in [5.74, 6) is -1.37. The fourth-order valence-corrected chi connectivity index (χ4v) is 5.35. The Kier molecular flexibility index (Phi) is 7.05. The zero-order valence-corrected chi connectivity index (χ0v) is 18.8. The summed E-state index contributed by atoms with van der Waals surface area (Å²) in [6, 6.07) is 6.38. The summed E-state index contributed by atoms with van der Waals surface area (Å²) >= 11 is 1.88. The maximum absolute atomic E-state index is 13.6. The Balaban J connectivity index is 1.22. The SMILES string of the molecule is Cc1ccc(C2CCN(CCCNC(=O)N3C(=O)OCC3c3ccc(F)c(F)c3)CC2)s1. The number of carbonyl (C=O) groups is 2. The molecule has 1 aromatic carbocycles. The van der Waals surface area contributed by atoms with E-state index in [2.05, 4.69) is 29.3 Å². The van der Waals surface area contributed by atoms with Gasteiger partial charge in [0.2, 0.25) is 0 Å². The van der Waals surface area contributed by atoms with Crippen LogP contribution in [0.3, 0.4) is 0 Å². The lowest BCUT2D eigenvalue weighted by molar-refractivity contribution is 0.157. The molecule has 1 aromatic heterocycles. The third-order valence-corrected chi connectivity index (χ3v) is 7.26. The first-order valence-electron chi connectivity index (χ1n) is 10.9. The number of thiophene rings is 1. The molecule has 1 atom stereocenters. The highest BCUT2D eigenvalue weighted by atomic mass is 32.1. The molecule has 0 radical (unpaired) electrons. The molecule has 3 heterocycles. The van der Waals surface area contributed by atoms with Crippen LogP contribution in [-0.2, 0) is 4.74 Å². The van der Waals surface area contributed by atoms with E-state index in [1.54, 1.807) is 0 Å². The second kappa shape index (κ2) is 9.95. The maximum Gasteiger partial charge on any atom is 0.418 e. The number of nitrogens with one attached hydrogen (secondary N) is 1. The second-order valence-electron chi connectivity index (χ2n) is 8.29. The molecule has 1 unspecified atom stereocenters. The van der Waals surface area contributed by atoms with Crippen molar-refractivity contribution in [3.63, 3.8) is 0 Å². The number of nitrogens with zero attached hydrogens (tertiary/aromatic N) is 2. The number of carbonyl (C=O) groups excluding carboxylic acids is 2. The highest BCUT2D eigenvalue weighted by molar-refractivity contribution is 7.12. The number of amides is 3. The fourth-order valence-electron chi connectivity index (χ4n) is 4.31. The first-order valence-corrected chi connectivity index (χ1v) is 11.7. The third-order valence-electron chi connectivity index (χ3n) is 6.10. The van der Waals surface area contributed by atoms with E-state index in [0.717, 1.165) is 55.9 Å². The van der Waals surface area contributed by atoms with Crippen molar-refractivity contribution < 1.29 is 23.1 Å². The number of piperidine rings is 1. The highest BCUT2D eigenvalue weighted by Gasteiger charge is 2.39. The summed E-state index contributed by atoms with van der Waals surface area (Å²) in [4.78, 5) is 30.8. The van der Waals surface area contributed by atoms with E-state index in [0.29, 0.717) is 18.0 Å². The summed E-state index contributed by atoms with van der Waals surface area (Å²) in [5.41, 5.74) is 0.314. The number of imide groups is 1. The molecule has 2 fully saturated rings. The number of urea groups is 1. The minimum Gasteiger partial charge on any atom is -0.446 e. The molecular formula is C23H27F2N3O3S. The van der Waals surface area contributed by atoms with Crippen molar-refractivity contribution in [3.05, 3.63) is 57.3 Å². The van der Waals surface area contributed by atoms with E-state index >= 15 is 0 Å². The van der Waals surface area contributed by atoms with Crippen molar-refractivity contribution in [1.82, 2.24) is 15.1 Å². The molecule has 2 saturated heterocycles. The van der Waals surface area contributed by atoms with Crippen LogP contribution in [0.1, 0.15) is 46.5 Å². The normalized spacial score (nSPS) is 19.9. The van der Waals surface area contributed by atoms with Crippen LogP contribution in [0.5, 0.6) is 0 Å². The predicted octanol–water partition coefficient (Wildman–Crippen LogP) is 4.81.